The van der Waals surface area contributed by atoms with Crippen molar-refractivity contribution in [3.63, 3.8) is 0 Å². The van der Waals surface area contributed by atoms with Gasteiger partial charge in [0.2, 0.25) is 6.41 Å². The molecule has 0 aliphatic rings. The molecule has 1 aromatic carbocycles. The molecule has 0 aliphatic carbocycles. The van der Waals surface area contributed by atoms with Gasteiger partial charge in [-0.25, -0.2) is 4.79 Å². The Morgan fingerprint density at radius 3 is 2.80 bits per heavy atom. The quantitative estimate of drug-likeness (QED) is 0.669. The zero-order valence-electron chi connectivity index (χ0n) is 11.6. The van der Waals surface area contributed by atoms with E-state index in [1.165, 1.54) is 7.11 Å². The number of amides is 1. The molecular weight excluding hydrogens is 260 g/mol. The van der Waals surface area contributed by atoms with E-state index in [-0.39, 0.29) is 0 Å². The summed E-state index contributed by atoms with van der Waals surface area (Å²) in [4.78, 5) is 22.7. The van der Waals surface area contributed by atoms with Gasteiger partial charge in [-0.2, -0.15) is 0 Å². The number of nitrogens with one attached hydrogen (secondary N) is 1. The maximum atomic E-state index is 11.9. The van der Waals surface area contributed by atoms with E-state index in [9.17, 15) is 9.59 Å². The molecule has 0 spiro atoms. The molecule has 1 aromatic heterocycles. The summed E-state index contributed by atoms with van der Waals surface area (Å²) in [6, 6.07) is 5.44. The van der Waals surface area contributed by atoms with Crippen LogP contribution in [0.25, 0.3) is 10.9 Å². The van der Waals surface area contributed by atoms with Crippen molar-refractivity contribution in [3.05, 3.63) is 23.9 Å². The summed E-state index contributed by atoms with van der Waals surface area (Å²) in [5, 5.41) is 3.29. The molecule has 0 unspecified atom stereocenters. The minimum Gasteiger partial charge on any atom is -0.494 e. The maximum Gasteiger partial charge on any atom is 0.356 e. The standard InChI is InChI=1S/C14H16N2O4/c1-4-20-9-5-6-11-10(7-9)12(15-8-17)13(16(11)2)14(18)19-3/h5-8H,4H2,1-3H3,(H,15,17). The molecule has 0 atom stereocenters. The number of aryl methyl sites for hydroxylation is 1. The van der Waals surface area contributed by atoms with Crippen molar-refractivity contribution < 1.29 is 19.1 Å². The van der Waals surface area contributed by atoms with Crippen LogP contribution in [0.15, 0.2) is 18.2 Å². The number of nitrogens with zero attached hydrogens (tertiary/aromatic N) is 1. The lowest BCUT2D eigenvalue weighted by molar-refractivity contribution is -0.105. The molecule has 2 aromatic rings. The van der Waals surface area contributed by atoms with Crippen LogP contribution in [0.3, 0.4) is 0 Å². The molecule has 1 N–H and O–H groups in total. The fourth-order valence-electron chi connectivity index (χ4n) is 2.22. The summed E-state index contributed by atoms with van der Waals surface area (Å²) >= 11 is 0. The van der Waals surface area contributed by atoms with E-state index in [0.29, 0.717) is 30.1 Å². The van der Waals surface area contributed by atoms with E-state index < -0.39 is 5.97 Å². The van der Waals surface area contributed by atoms with Crippen molar-refractivity contribution in [2.24, 2.45) is 7.05 Å². The molecule has 0 aliphatic heterocycles. The van der Waals surface area contributed by atoms with Crippen molar-refractivity contribution in [1.29, 1.82) is 0 Å². The maximum absolute atomic E-state index is 11.9. The third-order valence-corrected chi connectivity index (χ3v) is 3.06. The third kappa shape index (κ3) is 2.20. The van der Waals surface area contributed by atoms with Crippen LogP contribution in [0.1, 0.15) is 17.4 Å². The second kappa shape index (κ2) is 5.64. The largest absolute Gasteiger partial charge is 0.494 e. The van der Waals surface area contributed by atoms with E-state index in [0.717, 1.165) is 10.9 Å². The lowest BCUT2D eigenvalue weighted by Crippen LogP contribution is -2.10. The Balaban J connectivity index is 2.72. The predicted octanol–water partition coefficient (Wildman–Crippen LogP) is 1.93. The molecule has 0 saturated carbocycles. The van der Waals surface area contributed by atoms with Gasteiger partial charge in [-0.05, 0) is 25.1 Å². The van der Waals surface area contributed by atoms with Gasteiger partial charge in [0.1, 0.15) is 5.75 Å². The Hall–Kier alpha value is -2.50. The minimum atomic E-state index is -0.508. The highest BCUT2D eigenvalue weighted by atomic mass is 16.5. The summed E-state index contributed by atoms with van der Waals surface area (Å²) in [5.74, 6) is 0.168. The smallest absolute Gasteiger partial charge is 0.356 e. The number of hydrogen-bond donors (Lipinski definition) is 1. The number of benzene rings is 1. The highest BCUT2D eigenvalue weighted by Gasteiger charge is 2.21. The summed E-state index contributed by atoms with van der Waals surface area (Å²) < 4.78 is 11.9. The van der Waals surface area contributed by atoms with Gasteiger partial charge in [-0.1, -0.05) is 0 Å². The summed E-state index contributed by atoms with van der Waals surface area (Å²) in [6.07, 6.45) is 0.536. The van der Waals surface area contributed by atoms with Crippen molar-refractivity contribution in [1.82, 2.24) is 4.57 Å². The first-order valence-electron chi connectivity index (χ1n) is 6.17. The Morgan fingerprint density at radius 2 is 2.20 bits per heavy atom. The Kier molecular flexibility index (Phi) is 3.93. The number of methoxy groups -OCH3 is 1. The molecule has 20 heavy (non-hydrogen) atoms. The first-order valence-corrected chi connectivity index (χ1v) is 6.17. The van der Waals surface area contributed by atoms with Crippen LogP contribution in [0, 0.1) is 0 Å². The Morgan fingerprint density at radius 1 is 1.45 bits per heavy atom. The number of carbonyl (C=O) groups excluding carboxylic acids is 2. The van der Waals surface area contributed by atoms with Gasteiger partial charge >= 0.3 is 5.97 Å². The van der Waals surface area contributed by atoms with E-state index in [1.807, 2.05) is 19.1 Å². The van der Waals surface area contributed by atoms with Crippen LogP contribution >= 0.6 is 0 Å². The summed E-state index contributed by atoms with van der Waals surface area (Å²) in [6.45, 7) is 2.43. The lowest BCUT2D eigenvalue weighted by Gasteiger charge is -2.04. The molecule has 6 heteroatoms. The van der Waals surface area contributed by atoms with Crippen molar-refractivity contribution in [2.75, 3.05) is 19.0 Å². The first-order chi connectivity index (χ1) is 9.63. The van der Waals surface area contributed by atoms with Gasteiger partial charge in [-0.15, -0.1) is 0 Å². The number of ether oxygens (including phenoxy) is 2. The number of hydrogen-bond acceptors (Lipinski definition) is 4. The van der Waals surface area contributed by atoms with Crippen LogP contribution < -0.4 is 10.1 Å². The number of aromatic nitrogens is 1. The van der Waals surface area contributed by atoms with Gasteiger partial charge < -0.3 is 19.4 Å². The van der Waals surface area contributed by atoms with Gasteiger partial charge in [0.25, 0.3) is 0 Å². The molecule has 0 saturated heterocycles. The second-order valence-corrected chi connectivity index (χ2v) is 4.15. The van der Waals surface area contributed by atoms with Gasteiger partial charge in [0.15, 0.2) is 5.69 Å². The number of anilines is 1. The first kappa shape index (κ1) is 13.9. The van der Waals surface area contributed by atoms with E-state index in [1.54, 1.807) is 17.7 Å². The number of carbonyl (C=O) groups is 2. The topological polar surface area (TPSA) is 69.6 Å². The van der Waals surface area contributed by atoms with Crippen molar-refractivity contribution >= 4 is 29.0 Å². The van der Waals surface area contributed by atoms with Gasteiger partial charge in [0.05, 0.1) is 24.9 Å². The average Bonchev–Trinajstić information content (AvgIpc) is 2.72. The highest BCUT2D eigenvalue weighted by molar-refractivity contribution is 6.09. The van der Waals surface area contributed by atoms with Crippen molar-refractivity contribution in [3.8, 4) is 5.75 Å². The fourth-order valence-corrected chi connectivity index (χ4v) is 2.22. The van der Waals surface area contributed by atoms with Crippen LogP contribution in [-0.4, -0.2) is 30.7 Å². The van der Waals surface area contributed by atoms with E-state index in [4.69, 9.17) is 9.47 Å². The zero-order valence-corrected chi connectivity index (χ0v) is 11.6. The molecule has 1 heterocycles. The third-order valence-electron chi connectivity index (χ3n) is 3.06. The molecule has 106 valence electrons. The fraction of sp³-hybridized carbons (Fsp3) is 0.286. The van der Waals surface area contributed by atoms with Crippen LogP contribution in [-0.2, 0) is 16.6 Å². The van der Waals surface area contributed by atoms with Gasteiger partial charge in [-0.3, -0.25) is 4.79 Å². The Bertz CT molecular complexity index is 661. The summed E-state index contributed by atoms with van der Waals surface area (Å²) in [7, 11) is 3.04. The number of rotatable bonds is 5. The van der Waals surface area contributed by atoms with Crippen LogP contribution in [0.5, 0.6) is 5.75 Å². The zero-order chi connectivity index (χ0) is 14.7. The SMILES string of the molecule is CCOc1ccc2c(c1)c(NC=O)c(C(=O)OC)n2C. The average molecular weight is 276 g/mol. The molecule has 0 fully saturated rings. The van der Waals surface area contributed by atoms with Crippen LogP contribution in [0.2, 0.25) is 0 Å². The normalized spacial score (nSPS) is 10.3. The minimum absolute atomic E-state index is 0.295. The van der Waals surface area contributed by atoms with Crippen LogP contribution in [0.4, 0.5) is 5.69 Å². The van der Waals surface area contributed by atoms with Crippen molar-refractivity contribution in [2.45, 2.75) is 6.92 Å². The second-order valence-electron chi connectivity index (χ2n) is 4.15. The van der Waals surface area contributed by atoms with E-state index in [2.05, 4.69) is 5.32 Å². The summed E-state index contributed by atoms with van der Waals surface area (Å²) in [5.41, 5.74) is 1.52. The highest BCUT2D eigenvalue weighted by Crippen LogP contribution is 2.33. The molecule has 0 bridgehead atoms. The number of fused-ring (bicyclic) bond motifs is 1. The van der Waals surface area contributed by atoms with Gasteiger partial charge in [0, 0.05) is 12.4 Å². The molecule has 6 nitrogen and oxygen atoms in total. The molecule has 1 amide bonds. The molecule has 0 radical (unpaired) electrons. The molecular formula is C14H16N2O4. The van der Waals surface area contributed by atoms with E-state index >= 15 is 0 Å². The lowest BCUT2D eigenvalue weighted by atomic mass is 10.2. The number of esters is 1. The Labute approximate surface area is 116 Å². The molecule has 2 rings (SSSR count). The monoisotopic (exact) mass is 276 g/mol. The predicted molar refractivity (Wildman–Crippen MR) is 75.1 cm³/mol.